The first kappa shape index (κ1) is 12.7. The number of nitrogens with two attached hydrogens (primary N) is 1. The molecule has 2 unspecified atom stereocenters. The predicted octanol–water partition coefficient (Wildman–Crippen LogP) is 2.61. The summed E-state index contributed by atoms with van der Waals surface area (Å²) in [5.74, 6) is 2.02. The molecule has 3 N–H and O–H groups in total. The van der Waals surface area contributed by atoms with Crippen LogP contribution in [0.25, 0.3) is 0 Å². The maximum atomic E-state index is 5.84. The van der Waals surface area contributed by atoms with Crippen molar-refractivity contribution >= 4 is 11.6 Å². The van der Waals surface area contributed by atoms with E-state index in [0.29, 0.717) is 17.9 Å². The summed E-state index contributed by atoms with van der Waals surface area (Å²) < 4.78 is 5.57. The van der Waals surface area contributed by atoms with Gasteiger partial charge in [-0.3, -0.25) is 0 Å². The lowest BCUT2D eigenvalue weighted by atomic mass is 10.3. The molecular formula is C14H21N3O. The van der Waals surface area contributed by atoms with Crippen molar-refractivity contribution in [3.63, 3.8) is 0 Å². The summed E-state index contributed by atoms with van der Waals surface area (Å²) in [6.07, 6.45) is 1.33. The third kappa shape index (κ3) is 3.65. The highest BCUT2D eigenvalue weighted by atomic mass is 16.5. The summed E-state index contributed by atoms with van der Waals surface area (Å²) in [5, 5.41) is 3.09. The Balaban J connectivity index is 1.91. The number of guanidine groups is 1. The maximum absolute atomic E-state index is 5.84. The number of ether oxygens (including phenoxy) is 1. The standard InChI is InChI=1S/C14H21N3O/c1-9(2)18-12-6-4-11(5-7-12)16-14(15)17-13-8-10(13)3/h4-7,9-10,13H,8H2,1-3H3,(H3,15,16,17). The SMILES string of the molecule is CC(C)Oc1ccc(NC(N)=NC2CC2C)cc1. The number of rotatable bonds is 4. The van der Waals surface area contributed by atoms with E-state index in [1.807, 2.05) is 38.1 Å². The van der Waals surface area contributed by atoms with E-state index in [1.54, 1.807) is 0 Å². The van der Waals surface area contributed by atoms with Gasteiger partial charge >= 0.3 is 0 Å². The summed E-state index contributed by atoms with van der Waals surface area (Å²) >= 11 is 0. The summed E-state index contributed by atoms with van der Waals surface area (Å²) in [5.41, 5.74) is 6.77. The second-order valence-corrected chi connectivity index (χ2v) is 5.11. The Morgan fingerprint density at radius 2 is 2.00 bits per heavy atom. The van der Waals surface area contributed by atoms with Gasteiger partial charge in [-0.25, -0.2) is 4.99 Å². The highest BCUT2D eigenvalue weighted by Crippen LogP contribution is 2.32. The van der Waals surface area contributed by atoms with Crippen LogP contribution in [0.15, 0.2) is 29.3 Å². The Hall–Kier alpha value is -1.71. The lowest BCUT2D eigenvalue weighted by molar-refractivity contribution is 0.242. The molecule has 0 radical (unpaired) electrons. The molecule has 0 bridgehead atoms. The zero-order valence-electron chi connectivity index (χ0n) is 11.2. The van der Waals surface area contributed by atoms with E-state index in [4.69, 9.17) is 10.5 Å². The first-order chi connectivity index (χ1) is 8.54. The molecule has 1 saturated carbocycles. The predicted molar refractivity (Wildman–Crippen MR) is 75.0 cm³/mol. The van der Waals surface area contributed by atoms with E-state index in [-0.39, 0.29) is 6.10 Å². The number of anilines is 1. The van der Waals surface area contributed by atoms with Gasteiger partial charge in [0.05, 0.1) is 12.1 Å². The smallest absolute Gasteiger partial charge is 0.193 e. The van der Waals surface area contributed by atoms with Gasteiger partial charge in [0.1, 0.15) is 5.75 Å². The Bertz CT molecular complexity index is 425. The summed E-state index contributed by atoms with van der Waals surface area (Å²) in [7, 11) is 0. The van der Waals surface area contributed by atoms with Crippen molar-refractivity contribution in [3.8, 4) is 5.75 Å². The molecule has 0 aliphatic heterocycles. The molecule has 0 saturated heterocycles. The molecule has 0 amide bonds. The normalized spacial score (nSPS) is 23.0. The number of aliphatic imine (C=N–C) groups is 1. The Kier molecular flexibility index (Phi) is 3.75. The fourth-order valence-electron chi connectivity index (χ4n) is 1.73. The van der Waals surface area contributed by atoms with Crippen molar-refractivity contribution in [2.75, 3.05) is 5.32 Å². The molecule has 2 rings (SSSR count). The van der Waals surface area contributed by atoms with Crippen molar-refractivity contribution in [1.29, 1.82) is 0 Å². The molecule has 0 spiro atoms. The average molecular weight is 247 g/mol. The molecule has 1 aromatic rings. The highest BCUT2D eigenvalue weighted by molar-refractivity contribution is 5.92. The number of hydrogen-bond donors (Lipinski definition) is 2. The van der Waals surface area contributed by atoms with Crippen molar-refractivity contribution < 1.29 is 4.74 Å². The molecule has 0 heterocycles. The first-order valence-corrected chi connectivity index (χ1v) is 6.41. The molecular weight excluding hydrogens is 226 g/mol. The molecule has 98 valence electrons. The number of benzene rings is 1. The molecule has 4 nitrogen and oxygen atoms in total. The minimum atomic E-state index is 0.187. The van der Waals surface area contributed by atoms with Gasteiger partial charge in [0.2, 0.25) is 0 Å². The zero-order valence-corrected chi connectivity index (χ0v) is 11.2. The molecule has 18 heavy (non-hydrogen) atoms. The van der Waals surface area contributed by atoms with Crippen molar-refractivity contribution in [2.45, 2.75) is 39.3 Å². The molecule has 2 atom stereocenters. The molecule has 4 heteroatoms. The summed E-state index contributed by atoms with van der Waals surface area (Å²) in [6, 6.07) is 8.14. The van der Waals surface area contributed by atoms with Gasteiger partial charge in [0.15, 0.2) is 5.96 Å². The van der Waals surface area contributed by atoms with Crippen LogP contribution < -0.4 is 15.8 Å². The van der Waals surface area contributed by atoms with Crippen LogP contribution in [0.1, 0.15) is 27.2 Å². The summed E-state index contributed by atoms with van der Waals surface area (Å²) in [6.45, 7) is 6.20. The van der Waals surface area contributed by atoms with Crippen LogP contribution in [0.3, 0.4) is 0 Å². The topological polar surface area (TPSA) is 59.6 Å². The molecule has 1 aliphatic rings. The van der Waals surface area contributed by atoms with Crippen molar-refractivity contribution in [3.05, 3.63) is 24.3 Å². The summed E-state index contributed by atoms with van der Waals surface area (Å²) in [4.78, 5) is 4.39. The van der Waals surface area contributed by atoms with Crippen molar-refractivity contribution in [1.82, 2.24) is 0 Å². The van der Waals surface area contributed by atoms with E-state index in [1.165, 1.54) is 0 Å². The fourth-order valence-corrected chi connectivity index (χ4v) is 1.73. The first-order valence-electron chi connectivity index (χ1n) is 6.41. The highest BCUT2D eigenvalue weighted by Gasteiger charge is 2.32. The minimum Gasteiger partial charge on any atom is -0.491 e. The van der Waals surface area contributed by atoms with Gasteiger partial charge in [-0.2, -0.15) is 0 Å². The molecule has 0 aromatic heterocycles. The van der Waals surface area contributed by atoms with Crippen molar-refractivity contribution in [2.24, 2.45) is 16.6 Å². The fraction of sp³-hybridized carbons (Fsp3) is 0.500. The van der Waals surface area contributed by atoms with Crippen LogP contribution in [-0.4, -0.2) is 18.1 Å². The van der Waals surface area contributed by atoms with Gasteiger partial charge in [-0.1, -0.05) is 6.92 Å². The number of nitrogens with one attached hydrogen (secondary N) is 1. The Labute approximate surface area is 108 Å². The van der Waals surface area contributed by atoms with Crippen LogP contribution in [0.2, 0.25) is 0 Å². The third-order valence-electron chi connectivity index (χ3n) is 2.87. The van der Waals surface area contributed by atoms with E-state index in [2.05, 4.69) is 17.2 Å². The lowest BCUT2D eigenvalue weighted by Gasteiger charge is -2.10. The average Bonchev–Trinajstić information content (AvgIpc) is 2.96. The van der Waals surface area contributed by atoms with Gasteiger partial charge < -0.3 is 15.8 Å². The third-order valence-corrected chi connectivity index (χ3v) is 2.87. The Morgan fingerprint density at radius 1 is 1.39 bits per heavy atom. The molecule has 1 aromatic carbocycles. The Morgan fingerprint density at radius 3 is 2.50 bits per heavy atom. The minimum absolute atomic E-state index is 0.187. The van der Waals surface area contributed by atoms with Gasteiger partial charge in [-0.15, -0.1) is 0 Å². The number of hydrogen-bond acceptors (Lipinski definition) is 2. The quantitative estimate of drug-likeness (QED) is 0.635. The molecule has 1 fully saturated rings. The van der Waals surface area contributed by atoms with E-state index < -0.39 is 0 Å². The van der Waals surface area contributed by atoms with E-state index >= 15 is 0 Å². The molecule has 1 aliphatic carbocycles. The lowest BCUT2D eigenvalue weighted by Crippen LogP contribution is -2.23. The van der Waals surface area contributed by atoms with Crippen LogP contribution in [0, 0.1) is 5.92 Å². The van der Waals surface area contributed by atoms with Crippen LogP contribution in [0.4, 0.5) is 5.69 Å². The van der Waals surface area contributed by atoms with Crippen LogP contribution >= 0.6 is 0 Å². The monoisotopic (exact) mass is 247 g/mol. The van der Waals surface area contributed by atoms with Crippen LogP contribution in [-0.2, 0) is 0 Å². The largest absolute Gasteiger partial charge is 0.491 e. The number of nitrogens with zero attached hydrogens (tertiary/aromatic N) is 1. The van der Waals surface area contributed by atoms with Gasteiger partial charge in [0.25, 0.3) is 0 Å². The van der Waals surface area contributed by atoms with E-state index in [9.17, 15) is 0 Å². The zero-order chi connectivity index (χ0) is 13.1. The van der Waals surface area contributed by atoms with Gasteiger partial charge in [-0.05, 0) is 50.5 Å². The second kappa shape index (κ2) is 5.29. The maximum Gasteiger partial charge on any atom is 0.193 e. The second-order valence-electron chi connectivity index (χ2n) is 5.11. The van der Waals surface area contributed by atoms with E-state index in [0.717, 1.165) is 17.9 Å². The van der Waals surface area contributed by atoms with Gasteiger partial charge in [0, 0.05) is 5.69 Å². The van der Waals surface area contributed by atoms with Crippen LogP contribution in [0.5, 0.6) is 5.75 Å².